The van der Waals surface area contributed by atoms with Gasteiger partial charge in [0, 0.05) is 5.69 Å². The second-order valence-electron chi connectivity index (χ2n) is 5.69. The SMILES string of the molecule is CCOC(=O)CNc1ccc(C(=O)OC(C)(C)C)cc1C. The van der Waals surface area contributed by atoms with E-state index >= 15 is 0 Å². The minimum Gasteiger partial charge on any atom is -0.465 e. The van der Waals surface area contributed by atoms with Crippen LogP contribution in [-0.4, -0.2) is 30.7 Å². The molecule has 0 radical (unpaired) electrons. The first kappa shape index (κ1) is 17.0. The Morgan fingerprint density at radius 2 is 1.90 bits per heavy atom. The highest BCUT2D eigenvalue weighted by molar-refractivity contribution is 5.90. The molecule has 5 heteroatoms. The van der Waals surface area contributed by atoms with Crippen molar-refractivity contribution >= 4 is 17.6 Å². The van der Waals surface area contributed by atoms with Gasteiger partial charge in [-0.25, -0.2) is 4.79 Å². The number of hydrogen-bond donors (Lipinski definition) is 1. The van der Waals surface area contributed by atoms with Gasteiger partial charge in [0.2, 0.25) is 0 Å². The van der Waals surface area contributed by atoms with Gasteiger partial charge in [0.15, 0.2) is 0 Å². The summed E-state index contributed by atoms with van der Waals surface area (Å²) in [7, 11) is 0. The molecule has 1 rings (SSSR count). The normalized spacial score (nSPS) is 10.9. The molecule has 1 aromatic rings. The summed E-state index contributed by atoms with van der Waals surface area (Å²) in [5.41, 5.74) is 1.62. The highest BCUT2D eigenvalue weighted by Crippen LogP contribution is 2.19. The molecule has 0 atom stereocenters. The smallest absolute Gasteiger partial charge is 0.338 e. The van der Waals surface area contributed by atoms with Crippen LogP contribution in [-0.2, 0) is 14.3 Å². The number of carbonyl (C=O) groups excluding carboxylic acids is 2. The first-order valence-electron chi connectivity index (χ1n) is 6.96. The van der Waals surface area contributed by atoms with Gasteiger partial charge in [-0.1, -0.05) is 0 Å². The van der Waals surface area contributed by atoms with E-state index < -0.39 is 5.60 Å². The molecule has 21 heavy (non-hydrogen) atoms. The van der Waals surface area contributed by atoms with Gasteiger partial charge in [-0.05, 0) is 58.4 Å². The number of esters is 2. The maximum absolute atomic E-state index is 12.0. The number of carbonyl (C=O) groups is 2. The number of benzene rings is 1. The average molecular weight is 293 g/mol. The molecule has 0 unspecified atom stereocenters. The van der Waals surface area contributed by atoms with Crippen LogP contribution in [0.15, 0.2) is 18.2 Å². The van der Waals surface area contributed by atoms with E-state index in [9.17, 15) is 9.59 Å². The van der Waals surface area contributed by atoms with Crippen LogP contribution in [0.5, 0.6) is 0 Å². The Balaban J connectivity index is 2.72. The molecular formula is C16H23NO4. The predicted octanol–water partition coefficient (Wildman–Crippen LogP) is 2.93. The van der Waals surface area contributed by atoms with Gasteiger partial charge in [0.1, 0.15) is 12.1 Å². The molecule has 0 aliphatic carbocycles. The van der Waals surface area contributed by atoms with Crippen molar-refractivity contribution in [3.8, 4) is 0 Å². The molecule has 5 nitrogen and oxygen atoms in total. The Morgan fingerprint density at radius 1 is 1.24 bits per heavy atom. The van der Waals surface area contributed by atoms with E-state index in [-0.39, 0.29) is 18.5 Å². The third-order valence-corrected chi connectivity index (χ3v) is 2.59. The van der Waals surface area contributed by atoms with E-state index in [0.29, 0.717) is 12.2 Å². The lowest BCUT2D eigenvalue weighted by Gasteiger charge is -2.20. The van der Waals surface area contributed by atoms with Crippen LogP contribution in [0.2, 0.25) is 0 Å². The van der Waals surface area contributed by atoms with Gasteiger partial charge in [-0.15, -0.1) is 0 Å². The number of ether oxygens (including phenoxy) is 2. The zero-order valence-electron chi connectivity index (χ0n) is 13.3. The number of hydrogen-bond acceptors (Lipinski definition) is 5. The summed E-state index contributed by atoms with van der Waals surface area (Å²) in [6.07, 6.45) is 0. The lowest BCUT2D eigenvalue weighted by molar-refractivity contribution is -0.140. The van der Waals surface area contributed by atoms with Crippen LogP contribution in [0, 0.1) is 6.92 Å². The molecule has 116 valence electrons. The third kappa shape index (κ3) is 5.85. The summed E-state index contributed by atoms with van der Waals surface area (Å²) in [4.78, 5) is 23.3. The minimum atomic E-state index is -0.522. The molecule has 0 bridgehead atoms. The molecule has 0 aliphatic heterocycles. The van der Waals surface area contributed by atoms with E-state index in [0.717, 1.165) is 11.3 Å². The van der Waals surface area contributed by atoms with Crippen LogP contribution in [0.3, 0.4) is 0 Å². The highest BCUT2D eigenvalue weighted by atomic mass is 16.6. The Morgan fingerprint density at radius 3 is 2.43 bits per heavy atom. The molecule has 0 amide bonds. The van der Waals surface area contributed by atoms with Gasteiger partial charge in [-0.2, -0.15) is 0 Å². The van der Waals surface area contributed by atoms with Gasteiger partial charge < -0.3 is 14.8 Å². The van der Waals surface area contributed by atoms with Crippen molar-refractivity contribution in [3.05, 3.63) is 29.3 Å². The first-order chi connectivity index (χ1) is 9.73. The summed E-state index contributed by atoms with van der Waals surface area (Å²) < 4.78 is 10.2. The molecule has 0 spiro atoms. The third-order valence-electron chi connectivity index (χ3n) is 2.59. The molecular weight excluding hydrogens is 270 g/mol. The summed E-state index contributed by atoms with van der Waals surface area (Å²) in [5, 5.41) is 2.99. The molecule has 0 heterocycles. The van der Waals surface area contributed by atoms with Crippen molar-refractivity contribution in [2.24, 2.45) is 0 Å². The van der Waals surface area contributed by atoms with Crippen LogP contribution >= 0.6 is 0 Å². The fourth-order valence-electron chi connectivity index (χ4n) is 1.71. The lowest BCUT2D eigenvalue weighted by atomic mass is 10.1. The molecule has 1 aromatic carbocycles. The van der Waals surface area contributed by atoms with Crippen LogP contribution < -0.4 is 5.32 Å². The zero-order chi connectivity index (χ0) is 16.0. The van der Waals surface area contributed by atoms with Crippen molar-refractivity contribution in [1.82, 2.24) is 0 Å². The lowest BCUT2D eigenvalue weighted by Crippen LogP contribution is -2.24. The fourth-order valence-corrected chi connectivity index (χ4v) is 1.71. The van der Waals surface area contributed by atoms with E-state index in [2.05, 4.69) is 5.32 Å². The average Bonchev–Trinajstić information content (AvgIpc) is 2.35. The Kier molecular flexibility index (Phi) is 5.76. The van der Waals surface area contributed by atoms with Gasteiger partial charge in [0.05, 0.1) is 12.2 Å². The number of rotatable bonds is 5. The molecule has 0 saturated heterocycles. The van der Waals surface area contributed by atoms with Crippen molar-refractivity contribution in [2.45, 2.75) is 40.2 Å². The van der Waals surface area contributed by atoms with E-state index in [1.54, 1.807) is 25.1 Å². The standard InChI is InChI=1S/C16H23NO4/c1-6-20-14(18)10-17-13-8-7-12(9-11(13)2)15(19)21-16(3,4)5/h7-9,17H,6,10H2,1-5H3. The summed E-state index contributed by atoms with van der Waals surface area (Å²) in [5.74, 6) is -0.671. The summed E-state index contributed by atoms with van der Waals surface area (Å²) in [6, 6.07) is 5.17. The quantitative estimate of drug-likeness (QED) is 0.846. The largest absolute Gasteiger partial charge is 0.465 e. The van der Waals surface area contributed by atoms with Crippen molar-refractivity contribution in [3.63, 3.8) is 0 Å². The highest BCUT2D eigenvalue weighted by Gasteiger charge is 2.18. The first-order valence-corrected chi connectivity index (χ1v) is 6.96. The molecule has 1 N–H and O–H groups in total. The number of nitrogens with one attached hydrogen (secondary N) is 1. The minimum absolute atomic E-state index is 0.0977. The number of anilines is 1. The van der Waals surface area contributed by atoms with Crippen LogP contribution in [0.25, 0.3) is 0 Å². The molecule has 0 aromatic heterocycles. The Bertz CT molecular complexity index is 517. The van der Waals surface area contributed by atoms with E-state index in [1.165, 1.54) is 0 Å². The van der Waals surface area contributed by atoms with E-state index in [4.69, 9.17) is 9.47 Å². The van der Waals surface area contributed by atoms with E-state index in [1.807, 2.05) is 27.7 Å². The maximum Gasteiger partial charge on any atom is 0.338 e. The summed E-state index contributed by atoms with van der Waals surface area (Å²) in [6.45, 7) is 9.56. The van der Waals surface area contributed by atoms with Crippen molar-refractivity contribution in [1.29, 1.82) is 0 Å². The van der Waals surface area contributed by atoms with Gasteiger partial charge in [-0.3, -0.25) is 4.79 Å². The second-order valence-corrected chi connectivity index (χ2v) is 5.69. The van der Waals surface area contributed by atoms with Gasteiger partial charge in [0.25, 0.3) is 0 Å². The second kappa shape index (κ2) is 7.11. The number of aryl methyl sites for hydroxylation is 1. The Labute approximate surface area is 125 Å². The predicted molar refractivity (Wildman–Crippen MR) is 81.5 cm³/mol. The van der Waals surface area contributed by atoms with Crippen LogP contribution in [0.4, 0.5) is 5.69 Å². The summed E-state index contributed by atoms with van der Waals surface area (Å²) >= 11 is 0. The molecule has 0 aliphatic rings. The van der Waals surface area contributed by atoms with Crippen LogP contribution in [0.1, 0.15) is 43.6 Å². The van der Waals surface area contributed by atoms with Gasteiger partial charge >= 0.3 is 11.9 Å². The Hall–Kier alpha value is -2.04. The maximum atomic E-state index is 12.0. The monoisotopic (exact) mass is 293 g/mol. The van der Waals surface area contributed by atoms with Crippen molar-refractivity contribution < 1.29 is 19.1 Å². The van der Waals surface area contributed by atoms with Crippen molar-refractivity contribution in [2.75, 3.05) is 18.5 Å². The molecule has 0 saturated carbocycles. The zero-order valence-corrected chi connectivity index (χ0v) is 13.3. The molecule has 0 fully saturated rings. The topological polar surface area (TPSA) is 64.6 Å². The fraction of sp³-hybridized carbons (Fsp3) is 0.500.